The minimum Gasteiger partial charge on any atom is -0.369 e. The number of amides is 1. The SMILES string of the molecule is Cc1cc(N(CCC#N)CCC#N)ccc1/C=C1N=C(/C=C\c2ccccc2)N(c2ccc(S(N)(=O)=O)cc2)C/1=O. The van der Waals surface area contributed by atoms with Crippen molar-refractivity contribution in [3.8, 4) is 12.1 Å². The highest BCUT2D eigenvalue weighted by atomic mass is 32.2. The fourth-order valence-corrected chi connectivity index (χ4v) is 4.84. The second-order valence-electron chi connectivity index (χ2n) is 9.27. The topological polar surface area (TPSA) is 144 Å². The lowest BCUT2D eigenvalue weighted by Crippen LogP contribution is -2.30. The first kappa shape index (κ1) is 29.0. The quantitative estimate of drug-likeness (QED) is 0.351. The molecule has 9 nitrogen and oxygen atoms in total. The highest BCUT2D eigenvalue weighted by Crippen LogP contribution is 2.28. The van der Waals surface area contributed by atoms with Crippen molar-refractivity contribution in [3.63, 3.8) is 0 Å². The summed E-state index contributed by atoms with van der Waals surface area (Å²) in [6.07, 6.45) is 5.97. The van der Waals surface area contributed by atoms with E-state index < -0.39 is 10.0 Å². The Morgan fingerprint density at radius 2 is 1.61 bits per heavy atom. The van der Waals surface area contributed by atoms with Crippen LogP contribution in [0.2, 0.25) is 0 Å². The van der Waals surface area contributed by atoms with Crippen LogP contribution in [0, 0.1) is 29.6 Å². The van der Waals surface area contributed by atoms with E-state index in [0.717, 1.165) is 22.4 Å². The van der Waals surface area contributed by atoms with Crippen molar-refractivity contribution in [1.82, 2.24) is 0 Å². The van der Waals surface area contributed by atoms with Crippen LogP contribution >= 0.6 is 0 Å². The van der Waals surface area contributed by atoms with E-state index in [9.17, 15) is 13.2 Å². The van der Waals surface area contributed by atoms with Gasteiger partial charge in [-0.2, -0.15) is 10.5 Å². The summed E-state index contributed by atoms with van der Waals surface area (Å²) in [6, 6.07) is 25.4. The van der Waals surface area contributed by atoms with Crippen LogP contribution in [0.1, 0.15) is 29.5 Å². The molecule has 0 bridgehead atoms. The number of nitriles is 2. The Morgan fingerprint density at radius 1 is 0.951 bits per heavy atom. The van der Waals surface area contributed by atoms with Crippen LogP contribution in [0.5, 0.6) is 0 Å². The number of nitrogens with two attached hydrogens (primary N) is 1. The molecule has 2 N–H and O–H groups in total. The summed E-state index contributed by atoms with van der Waals surface area (Å²) in [6.45, 7) is 2.94. The molecule has 0 atom stereocenters. The van der Waals surface area contributed by atoms with E-state index in [1.54, 1.807) is 12.2 Å². The number of aliphatic imine (C=N–C) groups is 1. The predicted molar refractivity (Wildman–Crippen MR) is 160 cm³/mol. The van der Waals surface area contributed by atoms with Gasteiger partial charge >= 0.3 is 0 Å². The summed E-state index contributed by atoms with van der Waals surface area (Å²) >= 11 is 0. The van der Waals surface area contributed by atoms with Gasteiger partial charge in [-0.25, -0.2) is 18.5 Å². The van der Waals surface area contributed by atoms with Crippen molar-refractivity contribution in [2.45, 2.75) is 24.7 Å². The molecule has 4 rings (SSSR count). The molecule has 1 amide bonds. The van der Waals surface area contributed by atoms with Gasteiger partial charge < -0.3 is 4.90 Å². The standard InChI is InChI=1S/C31H28N6O3S/c1-23-21-27(36(19-5-17-32)20-6-18-33)11-10-25(23)22-29-31(38)37(26-12-14-28(15-13-26)41(34,39)40)30(35-29)16-9-24-7-3-2-4-8-24/h2-4,7-16,21-22H,5-6,19-20H2,1H3,(H2,34,39,40)/b16-9-,29-22+. The lowest BCUT2D eigenvalue weighted by Gasteiger charge is -2.23. The smallest absolute Gasteiger partial charge is 0.282 e. The average molecular weight is 565 g/mol. The number of hydrogen-bond acceptors (Lipinski definition) is 7. The number of rotatable bonds is 10. The van der Waals surface area contributed by atoms with Gasteiger partial charge in [-0.05, 0) is 72.2 Å². The molecule has 1 aliphatic heterocycles. The number of benzene rings is 3. The molecule has 41 heavy (non-hydrogen) atoms. The highest BCUT2D eigenvalue weighted by molar-refractivity contribution is 7.89. The first-order chi connectivity index (χ1) is 19.7. The van der Waals surface area contributed by atoms with Crippen LogP contribution in [-0.2, 0) is 14.8 Å². The molecule has 206 valence electrons. The molecule has 0 radical (unpaired) electrons. The molecule has 0 unspecified atom stereocenters. The summed E-state index contributed by atoms with van der Waals surface area (Å²) in [5.41, 5.74) is 4.16. The van der Waals surface area contributed by atoms with Gasteiger partial charge in [-0.15, -0.1) is 0 Å². The molecular weight excluding hydrogens is 536 g/mol. The molecular formula is C31H28N6O3S. The van der Waals surface area contributed by atoms with E-state index >= 15 is 0 Å². The third kappa shape index (κ3) is 7.14. The van der Waals surface area contributed by atoms with Crippen LogP contribution in [0.4, 0.5) is 11.4 Å². The van der Waals surface area contributed by atoms with Crippen LogP contribution < -0.4 is 14.9 Å². The Bertz CT molecular complexity index is 1700. The van der Waals surface area contributed by atoms with Crippen molar-refractivity contribution in [2.75, 3.05) is 22.9 Å². The largest absolute Gasteiger partial charge is 0.369 e. The van der Waals surface area contributed by atoms with E-state index in [1.165, 1.54) is 29.2 Å². The number of carbonyl (C=O) groups is 1. The van der Waals surface area contributed by atoms with Crippen LogP contribution in [0.3, 0.4) is 0 Å². The zero-order valence-corrected chi connectivity index (χ0v) is 23.3. The van der Waals surface area contributed by atoms with Crippen molar-refractivity contribution < 1.29 is 13.2 Å². The number of amidine groups is 1. The first-order valence-electron chi connectivity index (χ1n) is 12.8. The normalized spacial score (nSPS) is 14.2. The summed E-state index contributed by atoms with van der Waals surface area (Å²) in [7, 11) is -3.89. The maximum atomic E-state index is 13.6. The first-order valence-corrected chi connectivity index (χ1v) is 14.4. The Hall–Kier alpha value is -5.03. The second kappa shape index (κ2) is 12.9. The molecule has 1 heterocycles. The molecule has 3 aromatic rings. The molecule has 0 aromatic heterocycles. The van der Waals surface area contributed by atoms with Gasteiger partial charge in [0.15, 0.2) is 0 Å². The van der Waals surface area contributed by atoms with Crippen LogP contribution in [0.25, 0.3) is 12.2 Å². The highest BCUT2D eigenvalue weighted by Gasteiger charge is 2.30. The van der Waals surface area contributed by atoms with Gasteiger partial charge in [-0.1, -0.05) is 42.5 Å². The maximum absolute atomic E-state index is 13.6. The molecule has 0 spiro atoms. The van der Waals surface area contributed by atoms with Crippen molar-refractivity contribution in [2.24, 2.45) is 10.1 Å². The Labute approximate surface area is 239 Å². The summed E-state index contributed by atoms with van der Waals surface area (Å²) < 4.78 is 23.5. The molecule has 0 fully saturated rings. The van der Waals surface area contributed by atoms with Gasteiger partial charge in [0.1, 0.15) is 11.5 Å². The third-order valence-corrected chi connectivity index (χ3v) is 7.36. The van der Waals surface area contributed by atoms with Gasteiger partial charge in [0.05, 0.1) is 35.6 Å². The number of hydrogen-bond donors (Lipinski definition) is 1. The summed E-state index contributed by atoms with van der Waals surface area (Å²) in [5, 5.41) is 23.3. The fourth-order valence-electron chi connectivity index (χ4n) is 4.32. The molecule has 0 aliphatic carbocycles. The Balaban J connectivity index is 1.70. The van der Waals surface area contributed by atoms with E-state index in [4.69, 9.17) is 15.7 Å². The molecule has 1 aliphatic rings. The van der Waals surface area contributed by atoms with Gasteiger partial charge in [0.25, 0.3) is 5.91 Å². The minimum absolute atomic E-state index is 0.0590. The Kier molecular flexibility index (Phi) is 9.10. The van der Waals surface area contributed by atoms with E-state index in [-0.39, 0.29) is 16.5 Å². The number of nitrogens with zero attached hydrogens (tertiary/aromatic N) is 5. The monoisotopic (exact) mass is 564 g/mol. The minimum atomic E-state index is -3.89. The number of sulfonamides is 1. The number of aryl methyl sites for hydroxylation is 1. The lowest BCUT2D eigenvalue weighted by atomic mass is 10.1. The summed E-state index contributed by atoms with van der Waals surface area (Å²) in [4.78, 5) is 21.6. The predicted octanol–water partition coefficient (Wildman–Crippen LogP) is 4.78. The maximum Gasteiger partial charge on any atom is 0.282 e. The zero-order chi connectivity index (χ0) is 29.4. The van der Waals surface area contributed by atoms with Crippen LogP contribution in [-0.4, -0.2) is 33.3 Å². The van der Waals surface area contributed by atoms with Crippen molar-refractivity contribution in [3.05, 3.63) is 101 Å². The number of anilines is 2. The van der Waals surface area contributed by atoms with Gasteiger partial charge in [-0.3, -0.25) is 9.69 Å². The van der Waals surface area contributed by atoms with Crippen molar-refractivity contribution in [1.29, 1.82) is 10.5 Å². The Morgan fingerprint density at radius 3 is 2.20 bits per heavy atom. The summed E-state index contributed by atoms with van der Waals surface area (Å²) in [5.74, 6) is 0.0103. The van der Waals surface area contributed by atoms with Crippen molar-refractivity contribution >= 4 is 45.3 Å². The number of carbonyl (C=O) groups excluding carboxylic acids is 1. The fraction of sp³-hybridized carbons (Fsp3) is 0.161. The lowest BCUT2D eigenvalue weighted by molar-refractivity contribution is -0.113. The van der Waals surface area contributed by atoms with Gasteiger partial charge in [0.2, 0.25) is 10.0 Å². The van der Waals surface area contributed by atoms with E-state index in [2.05, 4.69) is 17.1 Å². The van der Waals surface area contributed by atoms with E-state index in [0.29, 0.717) is 37.5 Å². The van der Waals surface area contributed by atoms with Gasteiger partial charge in [0, 0.05) is 18.8 Å². The zero-order valence-electron chi connectivity index (χ0n) is 22.4. The van der Waals surface area contributed by atoms with Crippen LogP contribution in [0.15, 0.2) is 94.5 Å². The molecule has 0 saturated heterocycles. The molecule has 0 saturated carbocycles. The third-order valence-electron chi connectivity index (χ3n) is 6.43. The second-order valence-corrected chi connectivity index (χ2v) is 10.8. The molecule has 3 aromatic carbocycles. The number of primary sulfonamides is 1. The average Bonchev–Trinajstić information content (AvgIpc) is 3.27. The van der Waals surface area contributed by atoms with E-state index in [1.807, 2.05) is 66.4 Å². The molecule has 10 heteroatoms.